The molecule has 1 aliphatic heterocycles. The van der Waals surface area contributed by atoms with Crippen LogP contribution in [0.2, 0.25) is 0 Å². The van der Waals surface area contributed by atoms with Crippen LogP contribution in [0.5, 0.6) is 0 Å². The van der Waals surface area contributed by atoms with Gasteiger partial charge < -0.3 is 20.1 Å². The van der Waals surface area contributed by atoms with Crippen LogP contribution in [0.4, 0.5) is 0 Å². The minimum atomic E-state index is -0.774. The minimum Gasteiger partial charge on any atom is -0.386 e. The fraction of sp³-hybridized carbons (Fsp3) is 0.667. The van der Waals surface area contributed by atoms with Crippen LogP contribution in [0.15, 0.2) is 30.3 Å². The van der Waals surface area contributed by atoms with Crippen LogP contribution < -0.4 is 5.32 Å². The average Bonchev–Trinajstić information content (AvgIpc) is 3.24. The third-order valence-electron chi connectivity index (χ3n) is 5.99. The molecule has 0 bridgehead atoms. The number of nitrogens with zero attached hydrogens (tertiary/aromatic N) is 1. The van der Waals surface area contributed by atoms with Crippen LogP contribution in [-0.4, -0.2) is 53.7 Å². The molecule has 0 radical (unpaired) electrons. The summed E-state index contributed by atoms with van der Waals surface area (Å²) in [5, 5.41) is 13.4. The molecule has 0 aromatic heterocycles. The Kier molecular flexibility index (Phi) is 10.3. The lowest BCUT2D eigenvalue weighted by Gasteiger charge is -2.31. The standard InChI is InChI=1S/C24H38N2O4/c1-4-5-6-10-15-23(28)26-16-11-14-20(26)21(30-3)17-22(27)25-18(2)24(29)19-12-8-7-9-13-19/h7-9,12-13,18,20-21,24,29H,4-6,10-11,14-17H2,1-3H3,(H,25,27). The van der Waals surface area contributed by atoms with E-state index < -0.39 is 12.1 Å². The summed E-state index contributed by atoms with van der Waals surface area (Å²) in [7, 11) is 1.60. The van der Waals surface area contributed by atoms with Gasteiger partial charge in [0.05, 0.1) is 30.7 Å². The van der Waals surface area contributed by atoms with Gasteiger partial charge in [0.25, 0.3) is 0 Å². The van der Waals surface area contributed by atoms with E-state index >= 15 is 0 Å². The molecule has 0 aliphatic carbocycles. The second-order valence-electron chi connectivity index (χ2n) is 8.30. The Balaban J connectivity index is 1.88. The number of benzene rings is 1. The topological polar surface area (TPSA) is 78.9 Å². The normalized spacial score (nSPS) is 19.3. The van der Waals surface area contributed by atoms with Crippen molar-refractivity contribution < 1.29 is 19.4 Å². The van der Waals surface area contributed by atoms with Crippen LogP contribution in [0, 0.1) is 0 Å². The summed E-state index contributed by atoms with van der Waals surface area (Å²) in [5.74, 6) is -0.00416. The summed E-state index contributed by atoms with van der Waals surface area (Å²) in [6.45, 7) is 4.69. The van der Waals surface area contributed by atoms with Crippen molar-refractivity contribution in [2.75, 3.05) is 13.7 Å². The maximum Gasteiger partial charge on any atom is 0.223 e. The zero-order valence-electron chi connectivity index (χ0n) is 18.7. The average molecular weight is 419 g/mol. The van der Waals surface area contributed by atoms with E-state index in [1.54, 1.807) is 14.0 Å². The lowest BCUT2D eigenvalue weighted by molar-refractivity contribution is -0.137. The smallest absolute Gasteiger partial charge is 0.223 e. The number of methoxy groups -OCH3 is 1. The number of carbonyl (C=O) groups is 2. The molecular weight excluding hydrogens is 380 g/mol. The SMILES string of the molecule is CCCCCCC(=O)N1CCCC1C(CC(=O)NC(C)C(O)c1ccccc1)OC. The molecule has 6 heteroatoms. The number of aliphatic hydroxyl groups is 1. The number of unbranched alkanes of at least 4 members (excludes halogenated alkanes) is 3. The maximum absolute atomic E-state index is 12.7. The highest BCUT2D eigenvalue weighted by Gasteiger charge is 2.36. The zero-order chi connectivity index (χ0) is 21.9. The van der Waals surface area contributed by atoms with Gasteiger partial charge in [-0.05, 0) is 31.7 Å². The molecule has 2 N–H and O–H groups in total. The van der Waals surface area contributed by atoms with E-state index in [-0.39, 0.29) is 30.4 Å². The van der Waals surface area contributed by atoms with Crippen molar-refractivity contribution >= 4 is 11.8 Å². The quantitative estimate of drug-likeness (QED) is 0.509. The maximum atomic E-state index is 12.7. The van der Waals surface area contributed by atoms with Crippen molar-refractivity contribution in [1.29, 1.82) is 0 Å². The summed E-state index contributed by atoms with van der Waals surface area (Å²) in [4.78, 5) is 27.2. The van der Waals surface area contributed by atoms with Gasteiger partial charge in [-0.3, -0.25) is 9.59 Å². The molecule has 1 aromatic rings. The highest BCUT2D eigenvalue weighted by atomic mass is 16.5. The number of aliphatic hydroxyl groups excluding tert-OH is 1. The van der Waals surface area contributed by atoms with Crippen molar-refractivity contribution in [3.05, 3.63) is 35.9 Å². The van der Waals surface area contributed by atoms with Crippen molar-refractivity contribution in [3.63, 3.8) is 0 Å². The van der Waals surface area contributed by atoms with Gasteiger partial charge in [-0.15, -0.1) is 0 Å². The highest BCUT2D eigenvalue weighted by Crippen LogP contribution is 2.25. The van der Waals surface area contributed by atoms with E-state index in [1.165, 1.54) is 0 Å². The second-order valence-corrected chi connectivity index (χ2v) is 8.30. The second kappa shape index (κ2) is 12.7. The Labute approximate surface area is 181 Å². The van der Waals surface area contributed by atoms with Crippen molar-refractivity contribution in [2.45, 2.75) is 89.5 Å². The first kappa shape index (κ1) is 24.4. The molecule has 30 heavy (non-hydrogen) atoms. The molecule has 168 valence electrons. The monoisotopic (exact) mass is 418 g/mol. The molecule has 2 rings (SSSR count). The molecule has 4 unspecified atom stereocenters. The summed E-state index contributed by atoms with van der Waals surface area (Å²) >= 11 is 0. The fourth-order valence-electron chi connectivity index (χ4n) is 4.23. The van der Waals surface area contributed by atoms with Gasteiger partial charge in [0, 0.05) is 20.1 Å². The highest BCUT2D eigenvalue weighted by molar-refractivity contribution is 5.78. The third kappa shape index (κ3) is 7.10. The molecule has 0 saturated carbocycles. The predicted octanol–water partition coefficient (Wildman–Crippen LogP) is 3.59. The Bertz CT molecular complexity index is 652. The van der Waals surface area contributed by atoms with Crippen LogP contribution in [0.1, 0.15) is 76.9 Å². The third-order valence-corrected chi connectivity index (χ3v) is 5.99. The molecule has 2 amide bonds. The Morgan fingerprint density at radius 2 is 1.97 bits per heavy atom. The number of rotatable bonds is 12. The van der Waals surface area contributed by atoms with Gasteiger partial charge in [-0.25, -0.2) is 0 Å². The first-order valence-corrected chi connectivity index (χ1v) is 11.3. The number of hydrogen-bond acceptors (Lipinski definition) is 4. The van der Waals surface area contributed by atoms with Crippen molar-refractivity contribution in [1.82, 2.24) is 10.2 Å². The Morgan fingerprint density at radius 3 is 2.63 bits per heavy atom. The summed E-state index contributed by atoms with van der Waals surface area (Å²) in [6.07, 6.45) is 5.73. The van der Waals surface area contributed by atoms with Gasteiger partial charge in [0.2, 0.25) is 11.8 Å². The van der Waals surface area contributed by atoms with Gasteiger partial charge in [0.15, 0.2) is 0 Å². The zero-order valence-corrected chi connectivity index (χ0v) is 18.7. The molecule has 6 nitrogen and oxygen atoms in total. The fourth-order valence-corrected chi connectivity index (χ4v) is 4.23. The number of amides is 2. The predicted molar refractivity (Wildman–Crippen MR) is 118 cm³/mol. The first-order valence-electron chi connectivity index (χ1n) is 11.3. The number of ether oxygens (including phenoxy) is 1. The van der Waals surface area contributed by atoms with Crippen LogP contribution in [-0.2, 0) is 14.3 Å². The lowest BCUT2D eigenvalue weighted by Crippen LogP contribution is -2.46. The first-order chi connectivity index (χ1) is 14.5. The lowest BCUT2D eigenvalue weighted by atomic mass is 10.0. The summed E-state index contributed by atoms with van der Waals surface area (Å²) < 4.78 is 5.64. The summed E-state index contributed by atoms with van der Waals surface area (Å²) in [5.41, 5.74) is 0.768. The number of nitrogens with one attached hydrogen (secondary N) is 1. The van der Waals surface area contributed by atoms with Gasteiger partial charge >= 0.3 is 0 Å². The van der Waals surface area contributed by atoms with E-state index in [1.807, 2.05) is 35.2 Å². The molecule has 1 saturated heterocycles. The summed E-state index contributed by atoms with van der Waals surface area (Å²) in [6, 6.07) is 8.82. The Morgan fingerprint density at radius 1 is 1.23 bits per heavy atom. The number of carbonyl (C=O) groups excluding carboxylic acids is 2. The molecule has 1 fully saturated rings. The molecule has 1 aromatic carbocycles. The van der Waals surface area contributed by atoms with Crippen LogP contribution in [0.25, 0.3) is 0 Å². The number of hydrogen-bond donors (Lipinski definition) is 2. The number of likely N-dealkylation sites (tertiary alicyclic amines) is 1. The Hall–Kier alpha value is -1.92. The van der Waals surface area contributed by atoms with E-state index in [0.717, 1.165) is 50.6 Å². The van der Waals surface area contributed by atoms with Gasteiger partial charge in [0.1, 0.15) is 0 Å². The molecule has 1 aliphatic rings. The van der Waals surface area contributed by atoms with E-state index in [4.69, 9.17) is 4.74 Å². The van der Waals surface area contributed by atoms with Gasteiger partial charge in [-0.2, -0.15) is 0 Å². The largest absolute Gasteiger partial charge is 0.386 e. The molecule has 1 heterocycles. The van der Waals surface area contributed by atoms with Gasteiger partial charge in [-0.1, -0.05) is 56.5 Å². The van der Waals surface area contributed by atoms with Crippen LogP contribution in [0.3, 0.4) is 0 Å². The minimum absolute atomic E-state index is 0.0613. The van der Waals surface area contributed by atoms with Crippen LogP contribution >= 0.6 is 0 Å². The van der Waals surface area contributed by atoms with Crippen molar-refractivity contribution in [2.24, 2.45) is 0 Å². The molecule has 4 atom stereocenters. The molecule has 0 spiro atoms. The van der Waals surface area contributed by atoms with E-state index in [0.29, 0.717) is 6.42 Å². The van der Waals surface area contributed by atoms with E-state index in [9.17, 15) is 14.7 Å². The molecular formula is C24H38N2O4. The van der Waals surface area contributed by atoms with Crippen molar-refractivity contribution in [3.8, 4) is 0 Å². The van der Waals surface area contributed by atoms with E-state index in [2.05, 4.69) is 12.2 Å².